The SMILES string of the molecule is COC(=O)c1cc(C2CC2)c2nc(-c3ccc(Br)cc3F)cn2c1. The maximum atomic E-state index is 14.2. The van der Waals surface area contributed by atoms with Crippen LogP contribution in [0.5, 0.6) is 0 Å². The molecule has 0 radical (unpaired) electrons. The zero-order chi connectivity index (χ0) is 16.8. The van der Waals surface area contributed by atoms with Crippen LogP contribution >= 0.6 is 15.9 Å². The number of hydrogen-bond acceptors (Lipinski definition) is 3. The van der Waals surface area contributed by atoms with Crippen molar-refractivity contribution in [1.82, 2.24) is 9.38 Å². The topological polar surface area (TPSA) is 43.6 Å². The smallest absolute Gasteiger partial charge is 0.339 e. The molecule has 24 heavy (non-hydrogen) atoms. The number of hydrogen-bond donors (Lipinski definition) is 0. The molecule has 0 N–H and O–H groups in total. The number of imidazole rings is 1. The van der Waals surface area contributed by atoms with E-state index in [4.69, 9.17) is 4.74 Å². The third kappa shape index (κ3) is 2.60. The van der Waals surface area contributed by atoms with Crippen molar-refractivity contribution in [3.05, 3.63) is 58.1 Å². The van der Waals surface area contributed by atoms with Crippen LogP contribution < -0.4 is 0 Å². The van der Waals surface area contributed by atoms with Gasteiger partial charge in [0.1, 0.15) is 11.5 Å². The van der Waals surface area contributed by atoms with Crippen molar-refractivity contribution in [3.63, 3.8) is 0 Å². The van der Waals surface area contributed by atoms with Gasteiger partial charge in [-0.1, -0.05) is 15.9 Å². The summed E-state index contributed by atoms with van der Waals surface area (Å²) in [6, 6.07) is 6.73. The molecule has 4 nitrogen and oxygen atoms in total. The van der Waals surface area contributed by atoms with Crippen molar-refractivity contribution in [2.45, 2.75) is 18.8 Å². The van der Waals surface area contributed by atoms with Gasteiger partial charge in [-0.3, -0.25) is 0 Å². The second-order valence-corrected chi connectivity index (χ2v) is 6.85. The third-order valence-corrected chi connectivity index (χ3v) is 4.72. The molecule has 1 aliphatic carbocycles. The molecule has 6 heteroatoms. The molecule has 0 atom stereocenters. The molecule has 4 rings (SSSR count). The van der Waals surface area contributed by atoms with E-state index in [9.17, 15) is 9.18 Å². The number of esters is 1. The predicted molar refractivity (Wildman–Crippen MR) is 91.6 cm³/mol. The first-order valence-electron chi connectivity index (χ1n) is 7.63. The molecule has 0 saturated heterocycles. The summed E-state index contributed by atoms with van der Waals surface area (Å²) in [6.45, 7) is 0. The molecule has 1 aliphatic rings. The van der Waals surface area contributed by atoms with Crippen molar-refractivity contribution in [2.24, 2.45) is 0 Å². The second kappa shape index (κ2) is 5.70. The summed E-state index contributed by atoms with van der Waals surface area (Å²) in [5.41, 5.74) is 3.24. The van der Waals surface area contributed by atoms with Gasteiger partial charge in [0.05, 0.1) is 18.4 Å². The van der Waals surface area contributed by atoms with Crippen molar-refractivity contribution in [1.29, 1.82) is 0 Å². The summed E-state index contributed by atoms with van der Waals surface area (Å²) in [4.78, 5) is 16.5. The summed E-state index contributed by atoms with van der Waals surface area (Å²) in [5, 5.41) is 0. The molecule has 1 aromatic carbocycles. The first kappa shape index (κ1) is 15.3. The zero-order valence-corrected chi connectivity index (χ0v) is 14.5. The number of halogens is 2. The fraction of sp³-hybridized carbons (Fsp3) is 0.222. The minimum absolute atomic E-state index is 0.339. The molecule has 1 saturated carbocycles. The zero-order valence-electron chi connectivity index (χ0n) is 12.9. The number of rotatable bonds is 3. The molecule has 2 heterocycles. The first-order valence-corrected chi connectivity index (χ1v) is 8.42. The minimum atomic E-state index is -0.385. The van der Waals surface area contributed by atoms with Gasteiger partial charge in [0, 0.05) is 22.4 Å². The summed E-state index contributed by atoms with van der Waals surface area (Å²) < 4.78 is 21.5. The van der Waals surface area contributed by atoms with E-state index >= 15 is 0 Å². The lowest BCUT2D eigenvalue weighted by molar-refractivity contribution is 0.0600. The van der Waals surface area contributed by atoms with Crippen LogP contribution in [0.3, 0.4) is 0 Å². The Morgan fingerprint density at radius 3 is 2.79 bits per heavy atom. The average molecular weight is 389 g/mol. The molecule has 3 aromatic rings. The van der Waals surface area contributed by atoms with E-state index in [1.54, 1.807) is 28.9 Å². The number of fused-ring (bicyclic) bond motifs is 1. The number of methoxy groups -OCH3 is 1. The highest BCUT2D eigenvalue weighted by atomic mass is 79.9. The van der Waals surface area contributed by atoms with Gasteiger partial charge in [0.15, 0.2) is 0 Å². The average Bonchev–Trinajstić information content (AvgIpc) is 3.32. The number of pyridine rings is 1. The molecule has 122 valence electrons. The second-order valence-electron chi connectivity index (χ2n) is 5.93. The maximum Gasteiger partial charge on any atom is 0.339 e. The fourth-order valence-electron chi connectivity index (χ4n) is 2.88. The van der Waals surface area contributed by atoms with Gasteiger partial charge < -0.3 is 9.14 Å². The fourth-order valence-corrected chi connectivity index (χ4v) is 3.21. The van der Waals surface area contributed by atoms with Crippen LogP contribution in [-0.2, 0) is 4.74 Å². The summed E-state index contributed by atoms with van der Waals surface area (Å²) in [7, 11) is 1.36. The molecule has 0 aliphatic heterocycles. The van der Waals surface area contributed by atoms with Gasteiger partial charge in [0.25, 0.3) is 0 Å². The van der Waals surface area contributed by atoms with Crippen molar-refractivity contribution in [3.8, 4) is 11.3 Å². The van der Waals surface area contributed by atoms with E-state index in [1.807, 2.05) is 6.07 Å². The van der Waals surface area contributed by atoms with Gasteiger partial charge in [-0.05, 0) is 48.6 Å². The summed E-state index contributed by atoms with van der Waals surface area (Å²) in [6.07, 6.45) is 5.59. The Bertz CT molecular complexity index is 963. The molecular formula is C18H14BrFN2O2. The van der Waals surface area contributed by atoms with Crippen LogP contribution in [0.2, 0.25) is 0 Å². The van der Waals surface area contributed by atoms with E-state index in [0.29, 0.717) is 27.2 Å². The molecule has 1 fully saturated rings. The van der Waals surface area contributed by atoms with Crippen LogP contribution in [0.1, 0.15) is 34.7 Å². The third-order valence-electron chi connectivity index (χ3n) is 4.23. The summed E-state index contributed by atoms with van der Waals surface area (Å²) >= 11 is 3.26. The number of nitrogens with zero attached hydrogens (tertiary/aromatic N) is 2. The number of ether oxygens (including phenoxy) is 1. The molecular weight excluding hydrogens is 375 g/mol. The van der Waals surface area contributed by atoms with Crippen LogP contribution in [0.25, 0.3) is 16.9 Å². The molecule has 2 aromatic heterocycles. The van der Waals surface area contributed by atoms with Crippen molar-refractivity contribution < 1.29 is 13.9 Å². The van der Waals surface area contributed by atoms with E-state index in [2.05, 4.69) is 20.9 Å². The van der Waals surface area contributed by atoms with Crippen LogP contribution in [-0.4, -0.2) is 22.5 Å². The van der Waals surface area contributed by atoms with E-state index in [1.165, 1.54) is 13.2 Å². The lowest BCUT2D eigenvalue weighted by Gasteiger charge is -2.05. The van der Waals surface area contributed by atoms with Gasteiger partial charge in [-0.25, -0.2) is 14.2 Å². The predicted octanol–water partition coefficient (Wildman–Crippen LogP) is 4.57. The van der Waals surface area contributed by atoms with Crippen molar-refractivity contribution in [2.75, 3.05) is 7.11 Å². The van der Waals surface area contributed by atoms with Gasteiger partial charge in [0.2, 0.25) is 0 Å². The van der Waals surface area contributed by atoms with Crippen LogP contribution in [0, 0.1) is 5.82 Å². The maximum absolute atomic E-state index is 14.2. The summed E-state index contributed by atoms with van der Waals surface area (Å²) in [5.74, 6) is -0.320. The molecule has 0 spiro atoms. The van der Waals surface area contributed by atoms with Crippen molar-refractivity contribution >= 4 is 27.5 Å². The number of carbonyl (C=O) groups is 1. The molecule has 0 unspecified atom stereocenters. The Morgan fingerprint density at radius 1 is 1.33 bits per heavy atom. The Kier molecular flexibility index (Phi) is 3.64. The monoisotopic (exact) mass is 388 g/mol. The Hall–Kier alpha value is -2.21. The van der Waals surface area contributed by atoms with Gasteiger partial charge >= 0.3 is 5.97 Å². The van der Waals surface area contributed by atoms with E-state index < -0.39 is 0 Å². The number of aromatic nitrogens is 2. The minimum Gasteiger partial charge on any atom is -0.465 e. The Morgan fingerprint density at radius 2 is 2.12 bits per heavy atom. The van der Waals surface area contributed by atoms with Gasteiger partial charge in [-0.15, -0.1) is 0 Å². The lowest BCUT2D eigenvalue weighted by Crippen LogP contribution is -2.04. The van der Waals surface area contributed by atoms with E-state index in [0.717, 1.165) is 24.1 Å². The number of carbonyl (C=O) groups excluding carboxylic acids is 1. The lowest BCUT2D eigenvalue weighted by atomic mass is 10.1. The highest BCUT2D eigenvalue weighted by Crippen LogP contribution is 2.42. The van der Waals surface area contributed by atoms with Crippen LogP contribution in [0.15, 0.2) is 41.1 Å². The molecule has 0 bridgehead atoms. The first-order chi connectivity index (χ1) is 11.6. The van der Waals surface area contributed by atoms with E-state index in [-0.39, 0.29) is 11.8 Å². The molecule has 0 amide bonds. The van der Waals surface area contributed by atoms with Crippen LogP contribution in [0.4, 0.5) is 4.39 Å². The Balaban J connectivity index is 1.90. The normalized spacial score (nSPS) is 14.1. The number of benzene rings is 1. The standard InChI is InChI=1S/C18H14BrFN2O2/c1-24-18(23)11-6-14(10-2-3-10)17-21-16(9-22(17)8-11)13-5-4-12(19)7-15(13)20/h4-10H,2-3H2,1H3. The quantitative estimate of drug-likeness (QED) is 0.617. The Labute approximate surface area is 146 Å². The largest absolute Gasteiger partial charge is 0.465 e. The van der Waals surface area contributed by atoms with Gasteiger partial charge in [-0.2, -0.15) is 0 Å². The highest BCUT2D eigenvalue weighted by Gasteiger charge is 2.28. The highest BCUT2D eigenvalue weighted by molar-refractivity contribution is 9.10.